The second-order valence-electron chi connectivity index (χ2n) is 7.57. The largest absolute Gasteiger partial charge is 0.469 e. The quantitative estimate of drug-likeness (QED) is 0.419. The maximum absolute atomic E-state index is 12.6. The summed E-state index contributed by atoms with van der Waals surface area (Å²) in [5, 5.41) is 0. The zero-order chi connectivity index (χ0) is 19.8. The standard InChI is InChI=1S/C18H31NO6/c1-9-10-11-13(12-14(20)23-8)19(15(21)24-17(2,3)4)16(22)25-18(5,6)7/h9-10,13H,11-12H2,1-8H3/b10-9+/t13-/m1/s1. The van der Waals surface area contributed by atoms with Crippen LogP contribution in [0.25, 0.3) is 0 Å². The molecule has 1 atom stereocenters. The highest BCUT2D eigenvalue weighted by Gasteiger charge is 2.37. The molecule has 0 N–H and O–H groups in total. The Bertz CT molecular complexity index is 471. The number of esters is 1. The number of carbonyl (C=O) groups is 3. The molecule has 0 spiro atoms. The third-order valence-electron chi connectivity index (χ3n) is 2.82. The van der Waals surface area contributed by atoms with Crippen molar-refractivity contribution in [2.75, 3.05) is 7.11 Å². The summed E-state index contributed by atoms with van der Waals surface area (Å²) in [6.07, 6.45) is 1.94. The van der Waals surface area contributed by atoms with Crippen molar-refractivity contribution in [3.63, 3.8) is 0 Å². The summed E-state index contributed by atoms with van der Waals surface area (Å²) in [6.45, 7) is 12.0. The third-order valence-corrected chi connectivity index (χ3v) is 2.82. The van der Waals surface area contributed by atoms with Crippen LogP contribution in [0.3, 0.4) is 0 Å². The van der Waals surface area contributed by atoms with Gasteiger partial charge < -0.3 is 14.2 Å². The number of imide groups is 1. The van der Waals surface area contributed by atoms with Gasteiger partial charge in [0.1, 0.15) is 11.2 Å². The van der Waals surface area contributed by atoms with Gasteiger partial charge in [0, 0.05) is 0 Å². The van der Waals surface area contributed by atoms with Crippen LogP contribution in [0, 0.1) is 0 Å². The molecular weight excluding hydrogens is 326 g/mol. The molecule has 144 valence electrons. The molecule has 0 aliphatic rings. The number of carbonyl (C=O) groups excluding carboxylic acids is 3. The SMILES string of the molecule is C/C=C/C[C@H](CC(=O)OC)N(C(=O)OC(C)(C)C)C(=O)OC(C)(C)C. The highest BCUT2D eigenvalue weighted by molar-refractivity contribution is 5.89. The van der Waals surface area contributed by atoms with E-state index in [0.717, 1.165) is 4.90 Å². The van der Waals surface area contributed by atoms with E-state index in [1.165, 1.54) is 7.11 Å². The molecule has 7 heteroatoms. The first-order chi connectivity index (χ1) is 11.3. The van der Waals surface area contributed by atoms with Gasteiger partial charge in [-0.15, -0.1) is 0 Å². The first kappa shape index (κ1) is 22.9. The second kappa shape index (κ2) is 9.44. The highest BCUT2D eigenvalue weighted by Crippen LogP contribution is 2.20. The van der Waals surface area contributed by atoms with Crippen molar-refractivity contribution in [2.45, 2.75) is 78.6 Å². The molecule has 0 aromatic carbocycles. The summed E-state index contributed by atoms with van der Waals surface area (Å²) in [5.74, 6) is -0.536. The number of ether oxygens (including phenoxy) is 3. The number of hydrogen-bond donors (Lipinski definition) is 0. The Kier molecular flexibility index (Phi) is 8.66. The van der Waals surface area contributed by atoms with Crippen LogP contribution >= 0.6 is 0 Å². The van der Waals surface area contributed by atoms with E-state index in [9.17, 15) is 14.4 Å². The fourth-order valence-corrected chi connectivity index (χ4v) is 1.84. The maximum Gasteiger partial charge on any atom is 0.420 e. The maximum atomic E-state index is 12.6. The van der Waals surface area contributed by atoms with Gasteiger partial charge in [-0.1, -0.05) is 12.2 Å². The van der Waals surface area contributed by atoms with Gasteiger partial charge in [0.2, 0.25) is 0 Å². The lowest BCUT2D eigenvalue weighted by Gasteiger charge is -2.32. The molecule has 0 aliphatic heterocycles. The summed E-state index contributed by atoms with van der Waals surface area (Å²) in [7, 11) is 1.25. The van der Waals surface area contributed by atoms with Gasteiger partial charge in [-0.25, -0.2) is 14.5 Å². The van der Waals surface area contributed by atoms with E-state index in [2.05, 4.69) is 4.74 Å². The van der Waals surface area contributed by atoms with Crippen LogP contribution in [0.15, 0.2) is 12.2 Å². The summed E-state index contributed by atoms with van der Waals surface area (Å²) in [4.78, 5) is 37.8. The Morgan fingerprint density at radius 2 is 1.40 bits per heavy atom. The van der Waals surface area contributed by atoms with Crippen LogP contribution in [0.2, 0.25) is 0 Å². The minimum absolute atomic E-state index is 0.153. The summed E-state index contributed by atoms with van der Waals surface area (Å²) < 4.78 is 15.3. The predicted molar refractivity (Wildman–Crippen MR) is 94.2 cm³/mol. The number of amides is 2. The van der Waals surface area contributed by atoms with Crippen molar-refractivity contribution in [2.24, 2.45) is 0 Å². The fraction of sp³-hybridized carbons (Fsp3) is 0.722. The van der Waals surface area contributed by atoms with Crippen LogP contribution < -0.4 is 0 Å². The average molecular weight is 357 g/mol. The van der Waals surface area contributed by atoms with Crippen LogP contribution in [0.1, 0.15) is 61.3 Å². The number of methoxy groups -OCH3 is 1. The zero-order valence-electron chi connectivity index (χ0n) is 16.5. The highest BCUT2D eigenvalue weighted by atomic mass is 16.6. The van der Waals surface area contributed by atoms with Gasteiger partial charge in [-0.2, -0.15) is 0 Å². The van der Waals surface area contributed by atoms with E-state index in [-0.39, 0.29) is 12.8 Å². The van der Waals surface area contributed by atoms with Crippen molar-refractivity contribution in [3.05, 3.63) is 12.2 Å². The van der Waals surface area contributed by atoms with Crippen molar-refractivity contribution >= 4 is 18.2 Å². The normalized spacial score (nSPS) is 13.3. The van der Waals surface area contributed by atoms with Crippen LogP contribution in [0.5, 0.6) is 0 Å². The smallest absolute Gasteiger partial charge is 0.420 e. The Hall–Kier alpha value is -2.05. The summed E-state index contributed by atoms with van der Waals surface area (Å²) >= 11 is 0. The lowest BCUT2D eigenvalue weighted by atomic mass is 10.1. The van der Waals surface area contributed by atoms with Crippen LogP contribution in [-0.2, 0) is 19.0 Å². The second-order valence-corrected chi connectivity index (χ2v) is 7.57. The first-order valence-electron chi connectivity index (χ1n) is 8.24. The molecule has 0 rings (SSSR count). The molecule has 0 aliphatic carbocycles. The molecule has 0 saturated carbocycles. The van der Waals surface area contributed by atoms with Gasteiger partial charge in [0.15, 0.2) is 0 Å². The Balaban J connectivity index is 5.70. The molecule has 0 radical (unpaired) electrons. The van der Waals surface area contributed by atoms with Gasteiger partial charge >= 0.3 is 18.2 Å². The van der Waals surface area contributed by atoms with Crippen LogP contribution in [-0.4, -0.2) is 47.4 Å². The molecule has 0 unspecified atom stereocenters. The molecule has 0 bridgehead atoms. The summed E-state index contributed by atoms with van der Waals surface area (Å²) in [6, 6.07) is -0.770. The molecule has 0 fully saturated rings. The van der Waals surface area contributed by atoms with Crippen molar-refractivity contribution < 1.29 is 28.6 Å². The topological polar surface area (TPSA) is 82.1 Å². The predicted octanol–water partition coefficient (Wildman–Crippen LogP) is 4.06. The lowest BCUT2D eigenvalue weighted by Crippen LogP contribution is -2.49. The van der Waals surface area contributed by atoms with E-state index in [4.69, 9.17) is 9.47 Å². The van der Waals surface area contributed by atoms with E-state index in [1.54, 1.807) is 60.6 Å². The van der Waals surface area contributed by atoms with Crippen LogP contribution in [0.4, 0.5) is 9.59 Å². The van der Waals surface area contributed by atoms with Crippen molar-refractivity contribution in [3.8, 4) is 0 Å². The fourth-order valence-electron chi connectivity index (χ4n) is 1.84. The minimum atomic E-state index is -0.861. The van der Waals surface area contributed by atoms with Gasteiger partial charge in [0.25, 0.3) is 0 Å². The molecule has 0 aromatic heterocycles. The number of nitrogens with zero attached hydrogens (tertiary/aromatic N) is 1. The monoisotopic (exact) mass is 357 g/mol. The molecule has 0 heterocycles. The van der Waals surface area contributed by atoms with Crippen molar-refractivity contribution in [1.82, 2.24) is 4.90 Å². The van der Waals surface area contributed by atoms with Gasteiger partial charge in [-0.05, 0) is 54.9 Å². The lowest BCUT2D eigenvalue weighted by molar-refractivity contribution is -0.141. The molecule has 0 saturated heterocycles. The minimum Gasteiger partial charge on any atom is -0.469 e. The number of rotatable bonds is 5. The van der Waals surface area contributed by atoms with E-state index in [0.29, 0.717) is 0 Å². The molecule has 7 nitrogen and oxygen atoms in total. The Labute approximate surface area is 150 Å². The van der Waals surface area contributed by atoms with E-state index in [1.807, 2.05) is 0 Å². The van der Waals surface area contributed by atoms with E-state index >= 15 is 0 Å². The Morgan fingerprint density at radius 3 is 1.72 bits per heavy atom. The van der Waals surface area contributed by atoms with Crippen molar-refractivity contribution in [1.29, 1.82) is 0 Å². The first-order valence-corrected chi connectivity index (χ1v) is 8.24. The third kappa shape index (κ3) is 9.74. The average Bonchev–Trinajstić information content (AvgIpc) is 2.40. The van der Waals surface area contributed by atoms with Gasteiger partial charge in [-0.3, -0.25) is 4.79 Å². The molecular formula is C18H31NO6. The number of hydrogen-bond acceptors (Lipinski definition) is 6. The zero-order valence-corrected chi connectivity index (χ0v) is 16.5. The summed E-state index contributed by atoms with van der Waals surface area (Å²) in [5.41, 5.74) is -1.60. The molecule has 0 aromatic rings. The molecule has 2 amide bonds. The number of allylic oxidation sites excluding steroid dienone is 1. The van der Waals surface area contributed by atoms with E-state index < -0.39 is 35.4 Å². The Morgan fingerprint density at radius 1 is 0.960 bits per heavy atom. The van der Waals surface area contributed by atoms with Gasteiger partial charge in [0.05, 0.1) is 19.6 Å². The molecule has 25 heavy (non-hydrogen) atoms.